The van der Waals surface area contributed by atoms with E-state index in [9.17, 15) is 13.4 Å². The molecule has 6 nitrogen and oxygen atoms in total. The van der Waals surface area contributed by atoms with Crippen LogP contribution in [0.3, 0.4) is 0 Å². The van der Waals surface area contributed by atoms with Gasteiger partial charge in [0.1, 0.15) is 15.2 Å². The van der Waals surface area contributed by atoms with Crippen LogP contribution in [0.4, 0.5) is 14.9 Å². The number of urea groups is 1. The summed E-state index contributed by atoms with van der Waals surface area (Å²) in [7, 11) is 0.252. The van der Waals surface area contributed by atoms with Gasteiger partial charge in [0, 0.05) is 29.2 Å². The van der Waals surface area contributed by atoms with Gasteiger partial charge >= 0.3 is 6.03 Å². The Morgan fingerprint density at radius 3 is 2.55 bits per heavy atom. The molecule has 1 aliphatic heterocycles. The Balaban J connectivity index is 0.000000142. The van der Waals surface area contributed by atoms with E-state index >= 15 is 0 Å². The fourth-order valence-corrected chi connectivity index (χ4v) is 6.15. The lowest BCUT2D eigenvalue weighted by atomic mass is 9.83. The second-order valence-corrected chi connectivity index (χ2v) is 10.1. The Morgan fingerprint density at radius 2 is 1.90 bits per heavy atom. The molecule has 1 unspecified atom stereocenters. The average Bonchev–Trinajstić information content (AvgIpc) is 3.23. The summed E-state index contributed by atoms with van der Waals surface area (Å²) in [6, 6.07) is 1.87. The highest BCUT2D eigenvalue weighted by Crippen LogP contribution is 2.39. The number of carbonyl (C=O) groups excluding carboxylic acids is 1. The Hall–Kier alpha value is -1.81. The van der Waals surface area contributed by atoms with Crippen molar-refractivity contribution in [2.24, 2.45) is 10.9 Å². The number of fused-ring (bicyclic) bond motifs is 3. The largest absolute Gasteiger partial charge is 0.351 e. The molecule has 0 fully saturated rings. The van der Waals surface area contributed by atoms with Gasteiger partial charge in [0.15, 0.2) is 5.82 Å². The molecule has 0 radical (unpaired) electrons. The molecular formula is C20H25FN4O2S2. The number of benzene rings is 1. The van der Waals surface area contributed by atoms with Crippen molar-refractivity contribution < 1.29 is 13.4 Å². The SMILES string of the molecule is CN1CCc2sc(S(N)=O)c(F)c2C1.NC(=O)Nc1c2c(cc3c1CC3)CCC2. The van der Waals surface area contributed by atoms with Crippen LogP contribution in [0.15, 0.2) is 10.3 Å². The third-order valence-electron chi connectivity index (χ3n) is 5.82. The number of hydrogen-bond donors (Lipinski definition) is 3. The minimum atomic E-state index is -1.69. The molecule has 2 aromatic rings. The zero-order chi connectivity index (χ0) is 20.7. The summed E-state index contributed by atoms with van der Waals surface area (Å²) < 4.78 is 24.8. The second-order valence-electron chi connectivity index (χ2n) is 7.76. The predicted octanol–water partition coefficient (Wildman–Crippen LogP) is 2.62. The average molecular weight is 437 g/mol. The number of thiophene rings is 1. The first-order valence-electron chi connectivity index (χ1n) is 9.72. The van der Waals surface area contributed by atoms with E-state index in [1.807, 2.05) is 11.9 Å². The first kappa shape index (κ1) is 20.5. The molecule has 5 rings (SSSR count). The lowest BCUT2D eigenvalue weighted by Gasteiger charge is -2.25. The van der Waals surface area contributed by atoms with Crippen LogP contribution in [-0.2, 0) is 49.6 Å². The van der Waals surface area contributed by atoms with Crippen molar-refractivity contribution >= 4 is 34.0 Å². The Bertz CT molecular complexity index is 1010. The van der Waals surface area contributed by atoms with Crippen molar-refractivity contribution in [3.63, 3.8) is 0 Å². The summed E-state index contributed by atoms with van der Waals surface area (Å²) in [6.07, 6.45) is 6.48. The van der Waals surface area contributed by atoms with E-state index in [-0.39, 0.29) is 10.0 Å². The highest BCUT2D eigenvalue weighted by atomic mass is 32.2. The molecule has 0 saturated heterocycles. The van der Waals surface area contributed by atoms with Crippen LogP contribution in [0.5, 0.6) is 0 Å². The van der Waals surface area contributed by atoms with Crippen LogP contribution in [0.2, 0.25) is 0 Å². The van der Waals surface area contributed by atoms with Gasteiger partial charge in [-0.25, -0.2) is 18.5 Å². The lowest BCUT2D eigenvalue weighted by Crippen LogP contribution is -2.25. The number of primary amides is 1. The molecule has 5 N–H and O–H groups in total. The van der Waals surface area contributed by atoms with Crippen LogP contribution in [0.25, 0.3) is 0 Å². The van der Waals surface area contributed by atoms with Crippen LogP contribution in [-0.4, -0.2) is 28.7 Å². The molecule has 2 aliphatic carbocycles. The van der Waals surface area contributed by atoms with Gasteiger partial charge in [-0.1, -0.05) is 6.07 Å². The van der Waals surface area contributed by atoms with Gasteiger partial charge in [0.2, 0.25) is 0 Å². The normalized spacial score (nSPS) is 17.9. The van der Waals surface area contributed by atoms with Crippen molar-refractivity contribution in [1.29, 1.82) is 0 Å². The van der Waals surface area contributed by atoms with Crippen LogP contribution < -0.4 is 16.2 Å². The monoisotopic (exact) mass is 436 g/mol. The third kappa shape index (κ3) is 3.96. The van der Waals surface area contributed by atoms with Crippen molar-refractivity contribution in [3.05, 3.63) is 44.6 Å². The van der Waals surface area contributed by atoms with E-state index in [0.29, 0.717) is 12.1 Å². The van der Waals surface area contributed by atoms with E-state index in [4.69, 9.17) is 10.9 Å². The number of amides is 2. The molecule has 1 aromatic carbocycles. The van der Waals surface area contributed by atoms with Gasteiger partial charge < -0.3 is 16.0 Å². The number of hydrogen-bond acceptors (Lipinski definition) is 4. The number of nitrogens with one attached hydrogen (secondary N) is 1. The second kappa shape index (κ2) is 8.14. The van der Waals surface area contributed by atoms with Crippen LogP contribution in [0.1, 0.15) is 39.1 Å². The van der Waals surface area contributed by atoms with E-state index in [1.165, 1.54) is 40.0 Å². The minimum Gasteiger partial charge on any atom is -0.351 e. The smallest absolute Gasteiger partial charge is 0.316 e. The van der Waals surface area contributed by atoms with E-state index in [1.54, 1.807) is 0 Å². The molecule has 2 amide bonds. The van der Waals surface area contributed by atoms with Crippen molar-refractivity contribution in [3.8, 4) is 0 Å². The van der Waals surface area contributed by atoms with Gasteiger partial charge in [-0.3, -0.25) is 0 Å². The molecule has 9 heteroatoms. The predicted molar refractivity (Wildman–Crippen MR) is 114 cm³/mol. The summed E-state index contributed by atoms with van der Waals surface area (Å²) in [4.78, 5) is 14.0. The van der Waals surface area contributed by atoms with Crippen LogP contribution >= 0.6 is 11.3 Å². The zero-order valence-electron chi connectivity index (χ0n) is 16.3. The maximum atomic E-state index is 13.6. The molecule has 0 spiro atoms. The van der Waals surface area contributed by atoms with Crippen molar-refractivity contribution in [1.82, 2.24) is 4.90 Å². The van der Waals surface area contributed by atoms with Gasteiger partial charge in [0.25, 0.3) is 0 Å². The first-order chi connectivity index (χ1) is 13.8. The van der Waals surface area contributed by atoms with Gasteiger partial charge in [0.05, 0.1) is 0 Å². The van der Waals surface area contributed by atoms with Crippen molar-refractivity contribution in [2.45, 2.75) is 49.3 Å². The number of halogens is 1. The molecule has 29 heavy (non-hydrogen) atoms. The van der Waals surface area contributed by atoms with Gasteiger partial charge in [-0.05, 0) is 67.8 Å². The summed E-state index contributed by atoms with van der Waals surface area (Å²) in [6.45, 7) is 1.51. The summed E-state index contributed by atoms with van der Waals surface area (Å²) >= 11 is 1.25. The fraction of sp³-hybridized carbons (Fsp3) is 0.450. The number of anilines is 1. The summed E-state index contributed by atoms with van der Waals surface area (Å²) in [5.41, 5.74) is 12.4. The number of aryl methyl sites for hydroxylation is 2. The number of nitrogens with two attached hydrogens (primary N) is 2. The quantitative estimate of drug-likeness (QED) is 0.674. The molecule has 156 valence electrons. The van der Waals surface area contributed by atoms with E-state index in [0.717, 1.165) is 49.2 Å². The molecule has 1 aromatic heterocycles. The number of carbonyl (C=O) groups is 1. The topological polar surface area (TPSA) is 101 Å². The highest BCUT2D eigenvalue weighted by Gasteiger charge is 2.26. The lowest BCUT2D eigenvalue weighted by molar-refractivity contribution is 0.259. The molecule has 0 saturated carbocycles. The third-order valence-corrected chi connectivity index (χ3v) is 8.17. The van der Waals surface area contributed by atoms with Crippen molar-refractivity contribution in [2.75, 3.05) is 18.9 Å². The fourth-order valence-electron chi connectivity index (χ4n) is 4.31. The van der Waals surface area contributed by atoms with Gasteiger partial charge in [-0.15, -0.1) is 11.3 Å². The van der Waals surface area contributed by atoms with Crippen LogP contribution in [0, 0.1) is 5.82 Å². The Labute approximate surface area is 176 Å². The van der Waals surface area contributed by atoms with E-state index < -0.39 is 17.0 Å². The molecular weight excluding hydrogens is 411 g/mol. The standard InChI is InChI=1S/C12H14N2O.C8H11FN2OS2/c13-12(15)14-11-9-3-1-2-7(9)6-8-4-5-10(8)11;1-11-3-2-6-5(4-11)7(9)8(13-6)14(10)12/h6H,1-5H2,(H3,13,14,15);2-4,10H2,1H3. The number of likely N-dealkylation sites (N-methyl/N-ethyl adjacent to an activating group) is 1. The zero-order valence-corrected chi connectivity index (χ0v) is 18.0. The summed E-state index contributed by atoms with van der Waals surface area (Å²) in [5.74, 6) is -0.364. The molecule has 2 heterocycles. The Kier molecular flexibility index (Phi) is 5.74. The summed E-state index contributed by atoms with van der Waals surface area (Å²) in [5, 5.41) is 7.99. The molecule has 0 bridgehead atoms. The Morgan fingerprint density at radius 1 is 1.17 bits per heavy atom. The molecule has 3 aliphatic rings. The van der Waals surface area contributed by atoms with E-state index in [2.05, 4.69) is 11.4 Å². The maximum absolute atomic E-state index is 13.6. The minimum absolute atomic E-state index is 0.185. The maximum Gasteiger partial charge on any atom is 0.316 e. The van der Waals surface area contributed by atoms with Gasteiger partial charge in [-0.2, -0.15) is 0 Å². The molecule has 1 atom stereocenters. The first-order valence-corrected chi connectivity index (χ1v) is 11.8. The highest BCUT2D eigenvalue weighted by molar-refractivity contribution is 7.85. The number of rotatable bonds is 2. The number of nitrogens with zero attached hydrogens (tertiary/aromatic N) is 1.